The molecule has 0 spiro atoms. The van der Waals surface area contributed by atoms with Crippen LogP contribution in [-0.4, -0.2) is 12.1 Å². The molecule has 3 atom stereocenters. The van der Waals surface area contributed by atoms with Gasteiger partial charge in [-0.2, -0.15) is 0 Å². The number of halogens is 1. The lowest BCUT2D eigenvalue weighted by molar-refractivity contribution is -0.142. The minimum absolute atomic E-state index is 0.00335. The first-order valence-electron chi connectivity index (χ1n) is 7.28. The summed E-state index contributed by atoms with van der Waals surface area (Å²) >= 11 is 6.10. The van der Waals surface area contributed by atoms with Crippen molar-refractivity contribution in [2.75, 3.05) is 0 Å². The Balaban J connectivity index is 1.83. The molecule has 0 N–H and O–H groups in total. The van der Waals surface area contributed by atoms with Gasteiger partial charge < -0.3 is 4.74 Å². The van der Waals surface area contributed by atoms with Gasteiger partial charge in [-0.15, -0.1) is 0 Å². The fraction of sp³-hybridized carbons (Fsp3) is 0.278. The summed E-state index contributed by atoms with van der Waals surface area (Å²) in [5.74, 6) is -0.184. The molecule has 1 heterocycles. The number of carbonyl (C=O) groups excluding carboxylic acids is 1. The van der Waals surface area contributed by atoms with Crippen LogP contribution in [0.15, 0.2) is 48.5 Å². The maximum Gasteiger partial charge on any atom is 0.314 e. The zero-order chi connectivity index (χ0) is 14.4. The summed E-state index contributed by atoms with van der Waals surface area (Å²) < 4.78 is 5.65. The van der Waals surface area contributed by atoms with Crippen molar-refractivity contribution >= 4 is 17.6 Å². The first-order chi connectivity index (χ1) is 10.2. The third-order valence-electron chi connectivity index (χ3n) is 4.60. The van der Waals surface area contributed by atoms with Crippen LogP contribution in [0.25, 0.3) is 0 Å². The molecule has 0 amide bonds. The SMILES string of the molecule is O=C1O[C@@H]2CCc3cc(Cl)ccc3[C@@H]2[C@H]1c1ccccc1. The first-order valence-corrected chi connectivity index (χ1v) is 7.65. The van der Waals surface area contributed by atoms with Gasteiger partial charge in [-0.05, 0) is 41.7 Å². The molecule has 2 aromatic rings. The largest absolute Gasteiger partial charge is 0.461 e. The second-order valence-electron chi connectivity index (χ2n) is 5.77. The van der Waals surface area contributed by atoms with Crippen LogP contribution < -0.4 is 0 Å². The number of benzene rings is 2. The lowest BCUT2D eigenvalue weighted by atomic mass is 9.73. The van der Waals surface area contributed by atoms with E-state index in [-0.39, 0.29) is 23.9 Å². The summed E-state index contributed by atoms with van der Waals surface area (Å²) in [5, 5.41) is 0.758. The number of esters is 1. The summed E-state index contributed by atoms with van der Waals surface area (Å²) in [6, 6.07) is 15.9. The van der Waals surface area contributed by atoms with Crippen LogP contribution in [0.4, 0.5) is 0 Å². The molecule has 1 aliphatic heterocycles. The standard InChI is InChI=1S/C18H15ClO2/c19-13-7-8-14-12(10-13)6-9-15-17(14)16(18(20)21-15)11-4-2-1-3-5-11/h1-5,7-8,10,15-17H,6,9H2/t15-,16-,17+/m1/s1. The monoisotopic (exact) mass is 298 g/mol. The minimum Gasteiger partial charge on any atom is -0.461 e. The zero-order valence-electron chi connectivity index (χ0n) is 11.5. The van der Waals surface area contributed by atoms with E-state index in [1.54, 1.807) is 0 Å². The van der Waals surface area contributed by atoms with Crippen molar-refractivity contribution in [2.45, 2.75) is 30.8 Å². The number of hydrogen-bond donors (Lipinski definition) is 0. The molecule has 3 heteroatoms. The Hall–Kier alpha value is -1.80. The lowest BCUT2D eigenvalue weighted by Gasteiger charge is -2.29. The molecule has 0 bridgehead atoms. The molecule has 1 aliphatic carbocycles. The molecule has 4 rings (SSSR count). The molecule has 2 nitrogen and oxygen atoms in total. The predicted octanol–water partition coefficient (Wildman–Crippen LogP) is 4.08. The van der Waals surface area contributed by atoms with Gasteiger partial charge in [-0.1, -0.05) is 48.0 Å². The van der Waals surface area contributed by atoms with Gasteiger partial charge in [-0.25, -0.2) is 0 Å². The van der Waals surface area contributed by atoms with Crippen molar-refractivity contribution < 1.29 is 9.53 Å². The van der Waals surface area contributed by atoms with Crippen molar-refractivity contribution in [3.8, 4) is 0 Å². The van der Waals surface area contributed by atoms with E-state index in [0.29, 0.717) is 0 Å². The number of carbonyl (C=O) groups is 1. The Labute approximate surface area is 128 Å². The van der Waals surface area contributed by atoms with Gasteiger partial charge in [0.05, 0.1) is 5.92 Å². The quantitative estimate of drug-likeness (QED) is 0.742. The highest BCUT2D eigenvalue weighted by Gasteiger charge is 2.48. The molecule has 0 radical (unpaired) electrons. The van der Waals surface area contributed by atoms with Crippen LogP contribution in [0.2, 0.25) is 5.02 Å². The Bertz CT molecular complexity index is 696. The van der Waals surface area contributed by atoms with Gasteiger partial charge >= 0.3 is 5.97 Å². The third kappa shape index (κ3) is 2.06. The summed E-state index contributed by atoms with van der Waals surface area (Å²) in [6.07, 6.45) is 1.80. The first kappa shape index (κ1) is 12.9. The maximum atomic E-state index is 12.4. The van der Waals surface area contributed by atoms with E-state index in [1.807, 2.05) is 42.5 Å². The van der Waals surface area contributed by atoms with Gasteiger partial charge in [0, 0.05) is 10.9 Å². The molecule has 2 aliphatic rings. The number of hydrogen-bond acceptors (Lipinski definition) is 2. The molecule has 0 unspecified atom stereocenters. The molecule has 1 fully saturated rings. The molecular weight excluding hydrogens is 284 g/mol. The van der Waals surface area contributed by atoms with E-state index in [2.05, 4.69) is 6.07 Å². The van der Waals surface area contributed by atoms with Gasteiger partial charge in [0.15, 0.2) is 0 Å². The number of rotatable bonds is 1. The fourth-order valence-electron chi connectivity index (χ4n) is 3.69. The predicted molar refractivity (Wildman–Crippen MR) is 81.6 cm³/mol. The molecule has 0 aromatic heterocycles. The molecule has 0 saturated carbocycles. The average Bonchev–Trinajstić information content (AvgIpc) is 2.84. The Morgan fingerprint density at radius 3 is 2.71 bits per heavy atom. The van der Waals surface area contributed by atoms with Crippen molar-refractivity contribution in [3.63, 3.8) is 0 Å². The summed E-state index contributed by atoms with van der Waals surface area (Å²) in [5.41, 5.74) is 3.51. The van der Waals surface area contributed by atoms with Gasteiger partial charge in [0.2, 0.25) is 0 Å². The Kier molecular flexibility index (Phi) is 3.00. The van der Waals surface area contributed by atoms with Crippen LogP contribution >= 0.6 is 11.6 Å². The van der Waals surface area contributed by atoms with Gasteiger partial charge in [0.25, 0.3) is 0 Å². The highest BCUT2D eigenvalue weighted by atomic mass is 35.5. The van der Waals surface area contributed by atoms with Crippen molar-refractivity contribution in [1.29, 1.82) is 0 Å². The van der Waals surface area contributed by atoms with E-state index < -0.39 is 0 Å². The second kappa shape index (κ2) is 4.88. The Morgan fingerprint density at radius 2 is 1.90 bits per heavy atom. The highest BCUT2D eigenvalue weighted by molar-refractivity contribution is 6.30. The van der Waals surface area contributed by atoms with Gasteiger partial charge in [0.1, 0.15) is 6.10 Å². The highest BCUT2D eigenvalue weighted by Crippen LogP contribution is 2.48. The smallest absolute Gasteiger partial charge is 0.314 e. The molecule has 21 heavy (non-hydrogen) atoms. The van der Waals surface area contributed by atoms with Crippen LogP contribution in [0.5, 0.6) is 0 Å². The van der Waals surface area contributed by atoms with E-state index >= 15 is 0 Å². The topological polar surface area (TPSA) is 26.3 Å². The molecule has 106 valence electrons. The molecule has 1 saturated heterocycles. The molecular formula is C18H15ClO2. The summed E-state index contributed by atoms with van der Waals surface area (Å²) in [4.78, 5) is 12.4. The maximum absolute atomic E-state index is 12.4. The minimum atomic E-state index is -0.198. The summed E-state index contributed by atoms with van der Waals surface area (Å²) in [6.45, 7) is 0. The van der Waals surface area contributed by atoms with E-state index in [1.165, 1.54) is 11.1 Å². The van der Waals surface area contributed by atoms with Gasteiger partial charge in [-0.3, -0.25) is 4.79 Å². The van der Waals surface area contributed by atoms with Crippen LogP contribution in [0.1, 0.15) is 34.9 Å². The normalized spacial score (nSPS) is 26.9. The van der Waals surface area contributed by atoms with E-state index in [9.17, 15) is 4.79 Å². The Morgan fingerprint density at radius 1 is 1.10 bits per heavy atom. The fourth-order valence-corrected chi connectivity index (χ4v) is 3.89. The van der Waals surface area contributed by atoms with Crippen LogP contribution in [0.3, 0.4) is 0 Å². The lowest BCUT2D eigenvalue weighted by Crippen LogP contribution is -2.24. The number of fused-ring (bicyclic) bond motifs is 3. The summed E-state index contributed by atoms with van der Waals surface area (Å²) in [7, 11) is 0. The van der Waals surface area contributed by atoms with Crippen molar-refractivity contribution in [2.24, 2.45) is 0 Å². The zero-order valence-corrected chi connectivity index (χ0v) is 12.2. The van der Waals surface area contributed by atoms with Crippen LogP contribution in [0, 0.1) is 0 Å². The van der Waals surface area contributed by atoms with Crippen LogP contribution in [-0.2, 0) is 16.0 Å². The van der Waals surface area contributed by atoms with Crippen molar-refractivity contribution in [3.05, 3.63) is 70.2 Å². The van der Waals surface area contributed by atoms with E-state index in [0.717, 1.165) is 23.4 Å². The second-order valence-corrected chi connectivity index (χ2v) is 6.21. The number of aryl methyl sites for hydroxylation is 1. The van der Waals surface area contributed by atoms with E-state index in [4.69, 9.17) is 16.3 Å². The third-order valence-corrected chi connectivity index (χ3v) is 4.84. The molecule has 2 aromatic carbocycles. The average molecular weight is 299 g/mol. The number of ether oxygens (including phenoxy) is 1. The van der Waals surface area contributed by atoms with Crippen molar-refractivity contribution in [1.82, 2.24) is 0 Å².